The van der Waals surface area contributed by atoms with Gasteiger partial charge in [0.1, 0.15) is 18.2 Å². The summed E-state index contributed by atoms with van der Waals surface area (Å²) in [5.74, 6) is 2.20. The lowest BCUT2D eigenvalue weighted by Crippen LogP contribution is -2.47. The predicted molar refractivity (Wildman–Crippen MR) is 172 cm³/mol. The Hall–Kier alpha value is -4.51. The lowest BCUT2D eigenvalue weighted by atomic mass is 9.74. The van der Waals surface area contributed by atoms with E-state index in [1.54, 1.807) is 32.8 Å². The second kappa shape index (κ2) is 13.0. The maximum atomic E-state index is 6.46. The first-order chi connectivity index (χ1) is 21.5. The number of nitrogens with one attached hydrogen (secondary N) is 1. The quantitative estimate of drug-likeness (QED) is 0.187. The second-order valence-corrected chi connectivity index (χ2v) is 11.2. The number of nitrogens with two attached hydrogens (primary N) is 2. The monoisotopic (exact) mass is 594 g/mol. The summed E-state index contributed by atoms with van der Waals surface area (Å²) in [6.07, 6.45) is 7.11. The molecule has 0 bridgehead atoms. The zero-order valence-corrected chi connectivity index (χ0v) is 25.1. The first-order valence-electron chi connectivity index (χ1n) is 14.8. The van der Waals surface area contributed by atoms with Crippen molar-refractivity contribution in [3.05, 3.63) is 78.8 Å². The second-order valence-electron chi connectivity index (χ2n) is 11.2. The van der Waals surface area contributed by atoms with Crippen molar-refractivity contribution >= 4 is 27.5 Å². The smallest absolute Gasteiger partial charge is 0.162 e. The first kappa shape index (κ1) is 29.6. The summed E-state index contributed by atoms with van der Waals surface area (Å²) in [5, 5.41) is 6.13. The van der Waals surface area contributed by atoms with E-state index in [9.17, 15) is 0 Å². The van der Waals surface area contributed by atoms with E-state index in [1.807, 2.05) is 24.3 Å². The summed E-state index contributed by atoms with van der Waals surface area (Å²) in [6.45, 7) is 3.33. The molecule has 44 heavy (non-hydrogen) atoms. The Kier molecular flexibility index (Phi) is 8.74. The highest BCUT2D eigenvalue weighted by molar-refractivity contribution is 6.10. The Morgan fingerprint density at radius 1 is 0.932 bits per heavy atom. The summed E-state index contributed by atoms with van der Waals surface area (Å²) in [4.78, 5) is 13.6. The van der Waals surface area contributed by atoms with E-state index >= 15 is 0 Å². The van der Waals surface area contributed by atoms with Crippen LogP contribution in [-0.2, 0) is 10.2 Å². The fourth-order valence-corrected chi connectivity index (χ4v) is 5.92. The molecule has 1 fully saturated rings. The molecule has 2 aromatic carbocycles. The molecule has 0 amide bonds. The van der Waals surface area contributed by atoms with Crippen LogP contribution in [0, 0.1) is 0 Å². The number of nitrogens with zero attached hydrogens (tertiary/aromatic N) is 3. The molecule has 1 aliphatic heterocycles. The van der Waals surface area contributed by atoms with Crippen LogP contribution in [0.15, 0.2) is 73.2 Å². The molecule has 3 aromatic heterocycles. The number of fused-ring (bicyclic) bond motifs is 3. The molecule has 0 spiro atoms. The highest BCUT2D eigenvalue weighted by atomic mass is 16.5. The van der Waals surface area contributed by atoms with Crippen LogP contribution in [0.25, 0.3) is 32.9 Å². The Labute approximate surface area is 256 Å². The van der Waals surface area contributed by atoms with Gasteiger partial charge in [-0.15, -0.1) is 0 Å². The molecule has 0 radical (unpaired) electrons. The fourth-order valence-electron chi connectivity index (χ4n) is 5.92. The molecule has 0 aliphatic carbocycles. The van der Waals surface area contributed by atoms with Crippen LogP contribution in [-0.4, -0.2) is 68.1 Å². The maximum absolute atomic E-state index is 6.46. The molecule has 1 saturated heterocycles. The van der Waals surface area contributed by atoms with Crippen molar-refractivity contribution in [1.82, 2.24) is 20.3 Å². The molecule has 10 heteroatoms. The maximum Gasteiger partial charge on any atom is 0.162 e. The van der Waals surface area contributed by atoms with Crippen LogP contribution in [0.5, 0.6) is 17.2 Å². The van der Waals surface area contributed by atoms with Gasteiger partial charge in [-0.1, -0.05) is 30.3 Å². The third kappa shape index (κ3) is 6.10. The highest BCUT2D eigenvalue weighted by Gasteiger charge is 2.34. The molecular weight excluding hydrogens is 556 g/mol. The third-order valence-corrected chi connectivity index (χ3v) is 8.39. The van der Waals surface area contributed by atoms with Crippen LogP contribution >= 0.6 is 0 Å². The lowest BCUT2D eigenvalue weighted by Gasteiger charge is -2.38. The number of rotatable bonds is 11. The van der Waals surface area contributed by atoms with Gasteiger partial charge in [-0.3, -0.25) is 9.97 Å². The van der Waals surface area contributed by atoms with E-state index in [0.717, 1.165) is 59.8 Å². The van der Waals surface area contributed by atoms with Gasteiger partial charge < -0.3 is 35.7 Å². The summed E-state index contributed by atoms with van der Waals surface area (Å²) < 4.78 is 22.7. The Morgan fingerprint density at radius 3 is 2.48 bits per heavy atom. The standard InChI is InChI=1S/C34H38N6O4/c1-41-31-14-27-26-13-29(40-33(36)28(26)19-39-30(27)15-32(31)42-2)22-12-25(18-37-16-22)44-20-24(35)17-38-21-34(8-10-43-11-9-34)23-6-4-3-5-7-23/h3-7,12-16,18-19,24,38H,8-11,17,20-21,35H2,1-2H3,(H2,36,40)/t24-/m0/s1. The van der Waals surface area contributed by atoms with Gasteiger partial charge in [0.15, 0.2) is 11.5 Å². The van der Waals surface area contributed by atoms with Crippen molar-refractivity contribution in [1.29, 1.82) is 0 Å². The minimum absolute atomic E-state index is 0.0472. The van der Waals surface area contributed by atoms with Gasteiger partial charge in [-0.05, 0) is 42.0 Å². The minimum Gasteiger partial charge on any atom is -0.493 e. The molecule has 1 atom stereocenters. The molecule has 0 unspecified atom stereocenters. The van der Waals surface area contributed by atoms with Gasteiger partial charge in [0.2, 0.25) is 0 Å². The summed E-state index contributed by atoms with van der Waals surface area (Å²) in [7, 11) is 3.21. The Morgan fingerprint density at radius 2 is 1.70 bits per heavy atom. The molecule has 1 aliphatic rings. The highest BCUT2D eigenvalue weighted by Crippen LogP contribution is 2.37. The van der Waals surface area contributed by atoms with Crippen molar-refractivity contribution < 1.29 is 18.9 Å². The number of hydrogen-bond acceptors (Lipinski definition) is 10. The van der Waals surface area contributed by atoms with Crippen LogP contribution in [0.1, 0.15) is 18.4 Å². The van der Waals surface area contributed by atoms with Gasteiger partial charge in [-0.2, -0.15) is 0 Å². The van der Waals surface area contributed by atoms with Gasteiger partial charge in [0, 0.05) is 66.5 Å². The summed E-state index contributed by atoms with van der Waals surface area (Å²) in [6, 6.07) is 18.1. The number of nitrogen functional groups attached to an aromatic ring is 1. The molecule has 5 aromatic rings. The zero-order chi connectivity index (χ0) is 30.5. The van der Waals surface area contributed by atoms with Crippen LogP contribution in [0.2, 0.25) is 0 Å². The number of ether oxygens (including phenoxy) is 4. The van der Waals surface area contributed by atoms with E-state index in [4.69, 9.17) is 30.4 Å². The van der Waals surface area contributed by atoms with E-state index in [1.165, 1.54) is 5.56 Å². The van der Waals surface area contributed by atoms with Crippen molar-refractivity contribution in [3.63, 3.8) is 0 Å². The van der Waals surface area contributed by atoms with Crippen molar-refractivity contribution in [2.24, 2.45) is 5.73 Å². The number of aromatic nitrogens is 3. The third-order valence-electron chi connectivity index (χ3n) is 8.39. The van der Waals surface area contributed by atoms with E-state index < -0.39 is 0 Å². The topological polar surface area (TPSA) is 140 Å². The Bertz CT molecular complexity index is 1740. The SMILES string of the molecule is COc1cc2ncc3c(N)nc(-c4cncc(OC[C@@H](N)CNCC5(c6ccccc6)CCOCC5)c4)cc3c2cc1OC. The van der Waals surface area contributed by atoms with Gasteiger partial charge in [0.25, 0.3) is 0 Å². The van der Waals surface area contributed by atoms with Crippen LogP contribution in [0.3, 0.4) is 0 Å². The van der Waals surface area contributed by atoms with Crippen molar-refractivity contribution in [2.75, 3.05) is 52.9 Å². The molecule has 5 N–H and O–H groups in total. The number of pyridine rings is 3. The molecule has 10 nitrogen and oxygen atoms in total. The van der Waals surface area contributed by atoms with E-state index in [-0.39, 0.29) is 11.5 Å². The summed E-state index contributed by atoms with van der Waals surface area (Å²) in [5.41, 5.74) is 16.5. The minimum atomic E-state index is -0.202. The van der Waals surface area contributed by atoms with Crippen molar-refractivity contribution in [2.45, 2.75) is 24.3 Å². The first-order valence-corrected chi connectivity index (χ1v) is 14.8. The van der Waals surface area contributed by atoms with Crippen molar-refractivity contribution in [3.8, 4) is 28.5 Å². The number of benzene rings is 2. The molecule has 6 rings (SSSR count). The molecule has 4 heterocycles. The number of hydrogen-bond donors (Lipinski definition) is 3. The zero-order valence-electron chi connectivity index (χ0n) is 25.1. The van der Waals surface area contributed by atoms with Gasteiger partial charge in [0.05, 0.1) is 37.7 Å². The van der Waals surface area contributed by atoms with Gasteiger partial charge in [-0.25, -0.2) is 4.98 Å². The van der Waals surface area contributed by atoms with Crippen LogP contribution in [0.4, 0.5) is 5.82 Å². The summed E-state index contributed by atoms with van der Waals surface area (Å²) >= 11 is 0. The largest absolute Gasteiger partial charge is 0.493 e. The lowest BCUT2D eigenvalue weighted by molar-refractivity contribution is 0.0497. The van der Waals surface area contributed by atoms with E-state index in [2.05, 4.69) is 50.6 Å². The van der Waals surface area contributed by atoms with E-state index in [0.29, 0.717) is 41.9 Å². The van der Waals surface area contributed by atoms with Gasteiger partial charge >= 0.3 is 0 Å². The number of anilines is 1. The predicted octanol–water partition coefficient (Wildman–Crippen LogP) is 4.49. The normalized spacial score (nSPS) is 15.2. The molecule has 228 valence electrons. The fraction of sp³-hybridized carbons (Fsp3) is 0.324. The number of methoxy groups -OCH3 is 2. The molecular formula is C34H38N6O4. The Balaban J connectivity index is 1.15. The molecule has 0 saturated carbocycles. The van der Waals surface area contributed by atoms with Crippen LogP contribution < -0.4 is 31.0 Å². The average Bonchev–Trinajstić information content (AvgIpc) is 3.07. The average molecular weight is 595 g/mol.